The van der Waals surface area contributed by atoms with E-state index in [9.17, 15) is 48.6 Å². The molecule has 10 N–H and O–H groups in total. The highest BCUT2D eigenvalue weighted by Gasteiger charge is 2.34. The summed E-state index contributed by atoms with van der Waals surface area (Å²) in [6, 6.07) is 12.8. The van der Waals surface area contributed by atoms with Crippen LogP contribution in [0.2, 0.25) is 0 Å². The number of aromatic nitrogens is 1. The molecule has 8 amide bonds. The third kappa shape index (κ3) is 46.0. The summed E-state index contributed by atoms with van der Waals surface area (Å²) < 4.78 is 82.3. The van der Waals surface area contributed by atoms with Gasteiger partial charge in [-0.2, -0.15) is 0 Å². The van der Waals surface area contributed by atoms with Crippen LogP contribution in [-0.2, 0) is 102 Å². The number of rotatable bonds is 66. The van der Waals surface area contributed by atoms with E-state index < -0.39 is 48.4 Å². The second-order valence-electron chi connectivity index (χ2n) is 26.6. The number of methoxy groups -OCH3 is 1. The molecule has 4 atom stereocenters. The van der Waals surface area contributed by atoms with Gasteiger partial charge in [0.05, 0.1) is 182 Å². The summed E-state index contributed by atoms with van der Waals surface area (Å²) >= 11 is 0. The lowest BCUT2D eigenvalue weighted by molar-refractivity contribution is -0.204. The molecule has 2 aromatic carbocycles. The largest absolute Gasteiger partial charge is 0.479 e. The van der Waals surface area contributed by atoms with E-state index in [1.165, 1.54) is 34.2 Å². The van der Waals surface area contributed by atoms with Crippen molar-refractivity contribution in [3.63, 3.8) is 0 Å². The van der Waals surface area contributed by atoms with E-state index in [-0.39, 0.29) is 111 Å². The Labute approximate surface area is 668 Å². The fourth-order valence-corrected chi connectivity index (χ4v) is 11.3. The third-order valence-corrected chi connectivity index (χ3v) is 17.5. The molecular weight excluding hydrogens is 1490 g/mol. The normalized spacial score (nSPS) is 15.1. The zero-order chi connectivity index (χ0) is 81.7. The van der Waals surface area contributed by atoms with Gasteiger partial charge in [0.15, 0.2) is 6.10 Å². The Balaban J connectivity index is 0.884. The number of anilines is 3. The highest BCUT2D eigenvalue weighted by Crippen LogP contribution is 2.29. The van der Waals surface area contributed by atoms with E-state index in [0.717, 1.165) is 51.4 Å². The van der Waals surface area contributed by atoms with Crippen molar-refractivity contribution in [2.45, 2.75) is 146 Å². The van der Waals surface area contributed by atoms with Crippen LogP contribution in [0, 0.1) is 0 Å². The van der Waals surface area contributed by atoms with Crippen molar-refractivity contribution in [1.29, 1.82) is 0 Å². The SMILES string of the molecule is COCCOCCOCCOCCOCCOCCOCCOCCOCCOCCOCCOCCC(=O)NCCCC[C@H](N)C(=O)NCCC(=O)Nc1cc(O[C@H]2C[C@@H](O)C[C@@H](C(=O)O)O2)ccc1COC(=O)Nc1cccc(C(=O)N(C)CCON(C(=O)CCCCCCNC(=O)Nc2ccncc2)C2CCCCC2)c1. The molecule has 1 aliphatic heterocycles. The highest BCUT2D eigenvalue weighted by molar-refractivity contribution is 5.96. The minimum atomic E-state index is -1.32. The summed E-state index contributed by atoms with van der Waals surface area (Å²) in [5.74, 6) is -2.85. The number of aliphatic hydroxyl groups is 1. The number of unbranched alkanes of at least 4 members (excludes halogenated alkanes) is 4. The highest BCUT2D eigenvalue weighted by atomic mass is 16.7. The molecular formula is C78H124N10O26. The lowest BCUT2D eigenvalue weighted by Crippen LogP contribution is -2.43. The lowest BCUT2D eigenvalue weighted by Gasteiger charge is -2.33. The van der Waals surface area contributed by atoms with Crippen molar-refractivity contribution in [1.82, 2.24) is 30.9 Å². The molecule has 1 saturated heterocycles. The van der Waals surface area contributed by atoms with Crippen LogP contribution in [0.3, 0.4) is 0 Å². The van der Waals surface area contributed by atoms with Crippen molar-refractivity contribution < 1.29 is 124 Å². The Hall–Kier alpha value is -7.89. The molecule has 1 aliphatic carbocycles. The molecule has 642 valence electrons. The quantitative estimate of drug-likeness (QED) is 0.0253. The summed E-state index contributed by atoms with van der Waals surface area (Å²) in [4.78, 5) is 115. The van der Waals surface area contributed by atoms with Gasteiger partial charge in [0.25, 0.3) is 5.91 Å². The van der Waals surface area contributed by atoms with Crippen LogP contribution in [0.4, 0.5) is 26.7 Å². The zero-order valence-corrected chi connectivity index (χ0v) is 66.4. The van der Waals surface area contributed by atoms with Crippen molar-refractivity contribution in [2.24, 2.45) is 5.73 Å². The molecule has 2 heterocycles. The number of amides is 8. The standard InChI is InChI=1S/C78H124N10O26/c1-87(30-32-112-88(64-15-6-5-7-16-64)72(92)18-8-3-4-10-26-83-77(97)84-62-21-27-80-28-22-62)75(94)60-13-12-14-63(55-60)85-78(98)111-59-61-19-20-66(113-73-57-65(89)56-69(114-73)76(95)96)58-68(61)86-71(91)23-29-82-74(93)67(79)17-9-11-25-81-70(90)24-31-100-35-36-102-39-40-104-43-44-106-47-48-108-51-52-110-54-53-109-50-49-107-46-45-105-42-41-103-38-37-101-34-33-99-2/h12-14,19-22,27-28,55,58,64-65,67,69,73,89H,3-11,15-18,23-26,29-54,56-57,59,79H2,1-2H3,(H,81,90)(H,82,93)(H,85,98)(H,86,91)(H,95,96)(H2,80,83,84,97)/t65-,67-,69-,73+/m0/s1. The van der Waals surface area contributed by atoms with Gasteiger partial charge in [-0.15, -0.1) is 0 Å². The van der Waals surface area contributed by atoms with Crippen LogP contribution >= 0.6 is 0 Å². The number of ether oxygens (including phenoxy) is 15. The van der Waals surface area contributed by atoms with Gasteiger partial charge in [0.2, 0.25) is 29.9 Å². The number of benzene rings is 2. The fraction of sp³-hybridized carbons (Fsp3) is 0.679. The summed E-state index contributed by atoms with van der Waals surface area (Å²) in [7, 11) is 3.24. The predicted octanol–water partition coefficient (Wildman–Crippen LogP) is 5.37. The summed E-state index contributed by atoms with van der Waals surface area (Å²) in [6.07, 6.45) is 8.02. The number of carbonyl (C=O) groups is 8. The van der Waals surface area contributed by atoms with Gasteiger partial charge in [-0.05, 0) is 87.4 Å². The van der Waals surface area contributed by atoms with E-state index in [1.807, 2.05) is 0 Å². The Morgan fingerprint density at radius 1 is 0.561 bits per heavy atom. The molecule has 1 aromatic heterocycles. The number of carboxylic acids is 1. The van der Waals surface area contributed by atoms with Crippen LogP contribution in [0.15, 0.2) is 67.0 Å². The maximum atomic E-state index is 13.7. The molecule has 3 aromatic rings. The van der Waals surface area contributed by atoms with E-state index in [2.05, 4.69) is 36.9 Å². The second-order valence-corrected chi connectivity index (χ2v) is 26.6. The number of aliphatic hydroxyl groups excluding tert-OH is 1. The number of pyridine rings is 1. The number of aliphatic carboxylic acids is 1. The topological polar surface area (TPSA) is 442 Å². The first-order valence-corrected chi connectivity index (χ1v) is 39.6. The smallest absolute Gasteiger partial charge is 0.411 e. The number of hydrogen-bond acceptors (Lipinski definition) is 27. The summed E-state index contributed by atoms with van der Waals surface area (Å²) in [6.45, 7) is 10.8. The van der Waals surface area contributed by atoms with E-state index in [0.29, 0.717) is 202 Å². The Kier molecular flexibility index (Phi) is 52.9. The molecule has 0 spiro atoms. The monoisotopic (exact) mass is 1620 g/mol. The predicted molar refractivity (Wildman–Crippen MR) is 416 cm³/mol. The van der Waals surface area contributed by atoms with Crippen LogP contribution in [-0.4, -0.2) is 302 Å². The van der Waals surface area contributed by atoms with Crippen molar-refractivity contribution >= 4 is 64.7 Å². The maximum absolute atomic E-state index is 13.7. The molecule has 2 fully saturated rings. The number of urea groups is 1. The number of nitrogens with two attached hydrogens (primary N) is 1. The van der Waals surface area contributed by atoms with Crippen LogP contribution in [0.25, 0.3) is 0 Å². The Morgan fingerprint density at radius 3 is 1.71 bits per heavy atom. The zero-order valence-electron chi connectivity index (χ0n) is 66.4. The van der Waals surface area contributed by atoms with Gasteiger partial charge in [-0.3, -0.25) is 39.1 Å². The van der Waals surface area contributed by atoms with Crippen LogP contribution in [0.1, 0.15) is 125 Å². The Bertz CT molecular complexity index is 3130. The second kappa shape index (κ2) is 62.4. The minimum absolute atomic E-state index is 0.0391. The average Bonchev–Trinajstić information content (AvgIpc) is 0.848. The molecule has 0 bridgehead atoms. The van der Waals surface area contributed by atoms with Crippen LogP contribution in [0.5, 0.6) is 5.75 Å². The third-order valence-electron chi connectivity index (χ3n) is 17.5. The first-order valence-electron chi connectivity index (χ1n) is 39.6. The van der Waals surface area contributed by atoms with Crippen molar-refractivity contribution in [3.05, 3.63) is 78.1 Å². The number of likely N-dealkylation sites (N-methyl/N-ethyl adjacent to an activating group) is 1. The van der Waals surface area contributed by atoms with Gasteiger partial charge >= 0.3 is 18.1 Å². The van der Waals surface area contributed by atoms with Gasteiger partial charge < -0.3 is 118 Å². The molecule has 36 heteroatoms. The minimum Gasteiger partial charge on any atom is -0.479 e. The van der Waals surface area contributed by atoms with E-state index >= 15 is 0 Å². The van der Waals surface area contributed by atoms with Gasteiger partial charge in [-0.25, -0.2) is 19.4 Å². The average molecular weight is 1620 g/mol. The summed E-state index contributed by atoms with van der Waals surface area (Å²) in [5, 5.41) is 38.0. The van der Waals surface area contributed by atoms with E-state index in [1.54, 1.807) is 56.9 Å². The number of nitrogens with one attached hydrogen (secondary N) is 6. The van der Waals surface area contributed by atoms with Gasteiger partial charge in [-0.1, -0.05) is 38.2 Å². The van der Waals surface area contributed by atoms with Gasteiger partial charge in [0.1, 0.15) is 12.4 Å². The maximum Gasteiger partial charge on any atom is 0.411 e. The van der Waals surface area contributed by atoms with Crippen LogP contribution < -0.4 is 42.4 Å². The summed E-state index contributed by atoms with van der Waals surface area (Å²) in [5.41, 5.74) is 7.76. The molecule has 114 heavy (non-hydrogen) atoms. The molecule has 5 rings (SSSR count). The van der Waals surface area contributed by atoms with E-state index in [4.69, 9.17) is 81.6 Å². The number of nitrogens with zero attached hydrogens (tertiary/aromatic N) is 3. The Morgan fingerprint density at radius 2 is 1.12 bits per heavy atom. The number of hydroxylamine groups is 2. The van der Waals surface area contributed by atoms with Crippen molar-refractivity contribution in [2.75, 3.05) is 215 Å². The first kappa shape index (κ1) is 96.7. The molecule has 36 nitrogen and oxygen atoms in total. The lowest BCUT2D eigenvalue weighted by atomic mass is 9.95. The van der Waals surface area contributed by atoms with Crippen molar-refractivity contribution in [3.8, 4) is 5.75 Å². The molecule has 1 saturated carbocycles. The molecule has 0 unspecified atom stereocenters. The number of carboxylic acid groups (broad SMARTS) is 1. The number of carbonyl (C=O) groups excluding carboxylic acids is 7. The van der Waals surface area contributed by atoms with Gasteiger partial charge in [0, 0.05) is 113 Å². The fourth-order valence-electron chi connectivity index (χ4n) is 11.3. The molecule has 0 radical (unpaired) electrons. The number of hydrogen-bond donors (Lipinski definition) is 9. The first-order chi connectivity index (χ1) is 55.6. The molecule has 2 aliphatic rings.